The highest BCUT2D eigenvalue weighted by molar-refractivity contribution is 5.67. The average Bonchev–Trinajstić information content (AvgIpc) is 2.27. The smallest absolute Gasteiger partial charge is 0.126 e. The van der Waals surface area contributed by atoms with Gasteiger partial charge >= 0.3 is 0 Å². The summed E-state index contributed by atoms with van der Waals surface area (Å²) in [6.45, 7) is 0.102. The lowest BCUT2D eigenvalue weighted by Gasteiger charge is -2.08. The van der Waals surface area contributed by atoms with Gasteiger partial charge in [0.25, 0.3) is 0 Å². The number of rotatable bonds is 2. The Bertz CT molecular complexity index is 532. The van der Waals surface area contributed by atoms with Gasteiger partial charge in [-0.1, -0.05) is 6.07 Å². The first-order chi connectivity index (χ1) is 8.10. The predicted octanol–water partition coefficient (Wildman–Crippen LogP) is 3.23. The van der Waals surface area contributed by atoms with Crippen LogP contribution in [0, 0.1) is 17.5 Å². The Labute approximate surface area is 96.7 Å². The quantitative estimate of drug-likeness (QED) is 0.852. The Morgan fingerprint density at radius 3 is 2.06 bits per heavy atom. The van der Waals surface area contributed by atoms with Crippen molar-refractivity contribution in [3.05, 3.63) is 59.4 Å². The van der Waals surface area contributed by atoms with E-state index < -0.39 is 17.5 Å². The highest BCUT2D eigenvalue weighted by atomic mass is 19.1. The van der Waals surface area contributed by atoms with Crippen LogP contribution in [-0.2, 0) is 6.54 Å². The predicted molar refractivity (Wildman–Crippen MR) is 59.6 cm³/mol. The molecular formula is C13H10F3N. The van der Waals surface area contributed by atoms with Gasteiger partial charge in [0.15, 0.2) is 0 Å². The van der Waals surface area contributed by atoms with E-state index in [9.17, 15) is 13.2 Å². The van der Waals surface area contributed by atoms with Gasteiger partial charge in [-0.2, -0.15) is 0 Å². The second-order valence-electron chi connectivity index (χ2n) is 3.66. The number of nitrogens with two attached hydrogens (primary N) is 1. The molecule has 17 heavy (non-hydrogen) atoms. The molecule has 0 aliphatic heterocycles. The summed E-state index contributed by atoms with van der Waals surface area (Å²) in [6, 6.07) is 7.13. The Kier molecular flexibility index (Phi) is 3.15. The van der Waals surface area contributed by atoms with Gasteiger partial charge in [0, 0.05) is 12.6 Å². The van der Waals surface area contributed by atoms with Crippen molar-refractivity contribution in [3.63, 3.8) is 0 Å². The summed E-state index contributed by atoms with van der Waals surface area (Å²) in [5.74, 6) is -1.77. The van der Waals surface area contributed by atoms with E-state index in [0.717, 1.165) is 6.07 Å². The van der Waals surface area contributed by atoms with Gasteiger partial charge in [0.05, 0.1) is 0 Å². The monoisotopic (exact) mass is 237 g/mol. The number of halogens is 3. The third kappa shape index (κ3) is 2.47. The van der Waals surface area contributed by atoms with Gasteiger partial charge in [-0.05, 0) is 41.0 Å². The molecule has 0 fully saturated rings. The Balaban J connectivity index is 2.59. The molecule has 0 bridgehead atoms. The molecule has 0 aliphatic rings. The van der Waals surface area contributed by atoms with E-state index in [4.69, 9.17) is 5.73 Å². The number of hydrogen-bond donors (Lipinski definition) is 1. The molecule has 2 aromatic carbocycles. The molecule has 2 N–H and O–H groups in total. The van der Waals surface area contributed by atoms with Gasteiger partial charge in [-0.25, -0.2) is 13.2 Å². The van der Waals surface area contributed by atoms with E-state index in [1.807, 2.05) is 0 Å². The first kappa shape index (κ1) is 11.7. The third-order valence-corrected chi connectivity index (χ3v) is 2.46. The van der Waals surface area contributed by atoms with E-state index >= 15 is 0 Å². The molecule has 2 aromatic rings. The molecule has 88 valence electrons. The first-order valence-electron chi connectivity index (χ1n) is 5.05. The van der Waals surface area contributed by atoms with Crippen molar-refractivity contribution in [3.8, 4) is 11.1 Å². The molecule has 1 nitrogen and oxygen atoms in total. The zero-order chi connectivity index (χ0) is 12.4. The maximum absolute atomic E-state index is 13.1. The van der Waals surface area contributed by atoms with Crippen molar-refractivity contribution >= 4 is 0 Å². The van der Waals surface area contributed by atoms with E-state index in [1.165, 1.54) is 30.3 Å². The lowest BCUT2D eigenvalue weighted by molar-refractivity contribution is 0.584. The summed E-state index contributed by atoms with van der Waals surface area (Å²) in [5, 5.41) is 0. The maximum Gasteiger partial charge on any atom is 0.126 e. The molecule has 2 rings (SSSR count). The van der Waals surface area contributed by atoms with Gasteiger partial charge in [-0.15, -0.1) is 0 Å². The SMILES string of the molecule is NCc1cc(F)ccc1-c1cc(F)cc(F)c1. The lowest BCUT2D eigenvalue weighted by atomic mass is 9.99. The Morgan fingerprint density at radius 1 is 0.824 bits per heavy atom. The van der Waals surface area contributed by atoms with Crippen LogP contribution in [0.5, 0.6) is 0 Å². The summed E-state index contributed by atoms with van der Waals surface area (Å²) < 4.78 is 39.2. The van der Waals surface area contributed by atoms with Crippen molar-refractivity contribution < 1.29 is 13.2 Å². The van der Waals surface area contributed by atoms with Crippen LogP contribution in [0.25, 0.3) is 11.1 Å². The molecule has 0 unspecified atom stereocenters. The molecule has 0 aliphatic carbocycles. The highest BCUT2D eigenvalue weighted by Gasteiger charge is 2.08. The van der Waals surface area contributed by atoms with E-state index in [1.54, 1.807) is 0 Å². The van der Waals surface area contributed by atoms with Crippen LogP contribution >= 0.6 is 0 Å². The van der Waals surface area contributed by atoms with Crippen molar-refractivity contribution in [1.29, 1.82) is 0 Å². The van der Waals surface area contributed by atoms with E-state index in [2.05, 4.69) is 0 Å². The Morgan fingerprint density at radius 2 is 1.47 bits per heavy atom. The van der Waals surface area contributed by atoms with Gasteiger partial charge in [0.2, 0.25) is 0 Å². The minimum atomic E-state index is -0.674. The van der Waals surface area contributed by atoms with Crippen LogP contribution in [0.2, 0.25) is 0 Å². The molecule has 0 atom stereocenters. The number of benzene rings is 2. The minimum absolute atomic E-state index is 0.102. The average molecular weight is 237 g/mol. The largest absolute Gasteiger partial charge is 0.326 e. The fraction of sp³-hybridized carbons (Fsp3) is 0.0769. The van der Waals surface area contributed by atoms with E-state index in [0.29, 0.717) is 16.7 Å². The molecule has 0 saturated carbocycles. The van der Waals surface area contributed by atoms with Crippen LogP contribution < -0.4 is 5.73 Å². The molecular weight excluding hydrogens is 227 g/mol. The summed E-state index contributed by atoms with van der Waals surface area (Å²) >= 11 is 0. The van der Waals surface area contributed by atoms with Crippen LogP contribution in [-0.4, -0.2) is 0 Å². The summed E-state index contributed by atoms with van der Waals surface area (Å²) in [5.41, 5.74) is 6.87. The van der Waals surface area contributed by atoms with Crippen LogP contribution in [0.1, 0.15) is 5.56 Å². The highest BCUT2D eigenvalue weighted by Crippen LogP contribution is 2.25. The lowest BCUT2D eigenvalue weighted by Crippen LogP contribution is -2.00. The van der Waals surface area contributed by atoms with Crippen molar-refractivity contribution in [2.45, 2.75) is 6.54 Å². The van der Waals surface area contributed by atoms with Gasteiger partial charge < -0.3 is 5.73 Å². The summed E-state index contributed by atoms with van der Waals surface area (Å²) in [7, 11) is 0. The van der Waals surface area contributed by atoms with Crippen molar-refractivity contribution in [1.82, 2.24) is 0 Å². The second-order valence-corrected chi connectivity index (χ2v) is 3.66. The first-order valence-corrected chi connectivity index (χ1v) is 5.05. The molecule has 0 saturated heterocycles. The standard InChI is InChI=1S/C13H10F3N/c14-10-1-2-13(9(5-10)7-17)8-3-11(15)6-12(16)4-8/h1-6H,7,17H2. The van der Waals surface area contributed by atoms with E-state index in [-0.39, 0.29) is 6.54 Å². The van der Waals surface area contributed by atoms with Crippen LogP contribution in [0.3, 0.4) is 0 Å². The van der Waals surface area contributed by atoms with Gasteiger partial charge in [-0.3, -0.25) is 0 Å². The molecule has 0 amide bonds. The Hall–Kier alpha value is -1.81. The minimum Gasteiger partial charge on any atom is -0.326 e. The fourth-order valence-corrected chi connectivity index (χ4v) is 1.72. The van der Waals surface area contributed by atoms with Gasteiger partial charge in [0.1, 0.15) is 17.5 Å². The topological polar surface area (TPSA) is 26.0 Å². The van der Waals surface area contributed by atoms with Crippen LogP contribution in [0.15, 0.2) is 36.4 Å². The van der Waals surface area contributed by atoms with Crippen LogP contribution in [0.4, 0.5) is 13.2 Å². The maximum atomic E-state index is 13.1. The van der Waals surface area contributed by atoms with Crippen molar-refractivity contribution in [2.75, 3.05) is 0 Å². The summed E-state index contributed by atoms with van der Waals surface area (Å²) in [6.07, 6.45) is 0. The normalized spacial score (nSPS) is 10.6. The fourth-order valence-electron chi connectivity index (χ4n) is 1.72. The molecule has 0 aromatic heterocycles. The third-order valence-electron chi connectivity index (χ3n) is 2.46. The van der Waals surface area contributed by atoms with Crippen molar-refractivity contribution in [2.24, 2.45) is 5.73 Å². The molecule has 4 heteroatoms. The second kappa shape index (κ2) is 4.59. The molecule has 0 radical (unpaired) electrons. The zero-order valence-electron chi connectivity index (χ0n) is 8.88. The zero-order valence-corrected chi connectivity index (χ0v) is 8.88. The number of hydrogen-bond acceptors (Lipinski definition) is 1. The summed E-state index contributed by atoms with van der Waals surface area (Å²) in [4.78, 5) is 0. The molecule has 0 heterocycles. The molecule has 0 spiro atoms.